The Hall–Kier alpha value is -5.78. The number of furan rings is 1. The van der Waals surface area contributed by atoms with Crippen LogP contribution in [0.2, 0.25) is 0 Å². The molecular weight excluding hydrogens is 571 g/mol. The SMILES string of the molecule is c1ccc(-c2nc(-c3ccc4sc5ccccc5c4c3)cc(-n3c4ccccc4c4ccc5c6ccccc6oc5c43)n2)cc1. The van der Waals surface area contributed by atoms with Gasteiger partial charge in [0, 0.05) is 58.9 Å². The number of hydrogen-bond donors (Lipinski definition) is 0. The Morgan fingerprint density at radius 2 is 1.24 bits per heavy atom. The summed E-state index contributed by atoms with van der Waals surface area (Å²) in [4.78, 5) is 10.4. The van der Waals surface area contributed by atoms with Crippen LogP contribution in [0.25, 0.3) is 92.4 Å². The zero-order valence-corrected chi connectivity index (χ0v) is 24.8. The summed E-state index contributed by atoms with van der Waals surface area (Å²) in [6, 6.07) is 48.8. The van der Waals surface area contributed by atoms with Gasteiger partial charge in [-0.25, -0.2) is 9.97 Å². The van der Waals surface area contributed by atoms with Crippen molar-refractivity contribution in [3.8, 4) is 28.5 Å². The largest absolute Gasteiger partial charge is 0.454 e. The van der Waals surface area contributed by atoms with Crippen LogP contribution in [-0.2, 0) is 0 Å². The molecule has 0 atom stereocenters. The van der Waals surface area contributed by atoms with Gasteiger partial charge >= 0.3 is 0 Å². The molecule has 0 N–H and O–H groups in total. The highest BCUT2D eigenvalue weighted by Crippen LogP contribution is 2.41. The van der Waals surface area contributed by atoms with Crippen molar-refractivity contribution in [3.05, 3.63) is 140 Å². The number of nitrogens with zero attached hydrogens (tertiary/aromatic N) is 3. The van der Waals surface area contributed by atoms with Gasteiger partial charge in [-0.05, 0) is 36.4 Å². The van der Waals surface area contributed by atoms with E-state index in [0.717, 1.165) is 66.4 Å². The Balaban J connectivity index is 1.31. The van der Waals surface area contributed by atoms with Gasteiger partial charge in [0.15, 0.2) is 11.4 Å². The van der Waals surface area contributed by atoms with Gasteiger partial charge in [0.05, 0.1) is 16.7 Å². The van der Waals surface area contributed by atoms with Crippen LogP contribution in [-0.4, -0.2) is 14.5 Å². The van der Waals surface area contributed by atoms with E-state index in [4.69, 9.17) is 14.4 Å². The summed E-state index contributed by atoms with van der Waals surface area (Å²) in [5.41, 5.74) is 6.72. The Bertz CT molecular complexity index is 2770. The lowest BCUT2D eigenvalue weighted by Crippen LogP contribution is -2.02. The van der Waals surface area contributed by atoms with Gasteiger partial charge in [-0.2, -0.15) is 0 Å². The topological polar surface area (TPSA) is 43.9 Å². The number of rotatable bonds is 3. The lowest BCUT2D eigenvalue weighted by molar-refractivity contribution is 0.671. The van der Waals surface area contributed by atoms with Gasteiger partial charge in [0.25, 0.3) is 0 Å². The first kappa shape index (κ1) is 24.6. The summed E-state index contributed by atoms with van der Waals surface area (Å²) in [6.45, 7) is 0. The summed E-state index contributed by atoms with van der Waals surface area (Å²) < 4.78 is 11.4. The van der Waals surface area contributed by atoms with Crippen molar-refractivity contribution >= 4 is 75.3 Å². The zero-order valence-electron chi connectivity index (χ0n) is 23.9. The van der Waals surface area contributed by atoms with Gasteiger partial charge in [0.1, 0.15) is 11.4 Å². The Morgan fingerprint density at radius 3 is 2.16 bits per heavy atom. The highest BCUT2D eigenvalue weighted by atomic mass is 32.1. The van der Waals surface area contributed by atoms with E-state index in [-0.39, 0.29) is 0 Å². The Morgan fingerprint density at radius 1 is 0.511 bits per heavy atom. The molecule has 6 aromatic carbocycles. The fourth-order valence-corrected chi connectivity index (χ4v) is 7.85. The summed E-state index contributed by atoms with van der Waals surface area (Å²) in [6.07, 6.45) is 0. The summed E-state index contributed by atoms with van der Waals surface area (Å²) >= 11 is 1.82. The van der Waals surface area contributed by atoms with Crippen molar-refractivity contribution in [3.63, 3.8) is 0 Å². The average molecular weight is 594 g/mol. The van der Waals surface area contributed by atoms with Crippen LogP contribution in [0.3, 0.4) is 0 Å². The average Bonchev–Trinajstić information content (AvgIpc) is 3.78. The number of thiophene rings is 1. The van der Waals surface area contributed by atoms with E-state index in [1.54, 1.807) is 0 Å². The molecule has 0 aliphatic carbocycles. The van der Waals surface area contributed by atoms with Crippen molar-refractivity contribution < 1.29 is 4.42 Å². The molecule has 0 amide bonds. The zero-order chi connectivity index (χ0) is 29.5. The number of hydrogen-bond acceptors (Lipinski definition) is 4. The molecule has 0 aliphatic rings. The minimum atomic E-state index is 0.682. The number of fused-ring (bicyclic) bond motifs is 10. The van der Waals surface area contributed by atoms with E-state index in [2.05, 4.69) is 114 Å². The van der Waals surface area contributed by atoms with Crippen LogP contribution in [0, 0.1) is 0 Å². The lowest BCUT2D eigenvalue weighted by Gasteiger charge is -2.12. The predicted molar refractivity (Wildman–Crippen MR) is 187 cm³/mol. The molecule has 4 heterocycles. The van der Waals surface area contributed by atoms with Crippen molar-refractivity contribution in [1.82, 2.24) is 14.5 Å². The van der Waals surface area contributed by atoms with Crippen LogP contribution in [0.4, 0.5) is 0 Å². The smallest absolute Gasteiger partial charge is 0.162 e. The second-order valence-corrected chi connectivity index (χ2v) is 12.5. The molecule has 210 valence electrons. The van der Waals surface area contributed by atoms with E-state index in [0.29, 0.717) is 5.82 Å². The minimum Gasteiger partial charge on any atom is -0.454 e. The Labute approximate surface area is 261 Å². The molecule has 5 heteroatoms. The third kappa shape index (κ3) is 3.65. The molecule has 0 radical (unpaired) electrons. The van der Waals surface area contributed by atoms with E-state index in [9.17, 15) is 0 Å². The number of aromatic nitrogens is 3. The third-order valence-corrected chi connectivity index (χ3v) is 9.98. The van der Waals surface area contributed by atoms with E-state index in [1.807, 2.05) is 41.7 Å². The quantitative estimate of drug-likeness (QED) is 0.205. The monoisotopic (exact) mass is 593 g/mol. The van der Waals surface area contributed by atoms with Crippen LogP contribution in [0.5, 0.6) is 0 Å². The molecule has 45 heavy (non-hydrogen) atoms. The molecule has 4 aromatic heterocycles. The molecule has 10 aromatic rings. The Kier molecular flexibility index (Phi) is 5.12. The fourth-order valence-electron chi connectivity index (χ4n) is 6.77. The van der Waals surface area contributed by atoms with Crippen molar-refractivity contribution in [1.29, 1.82) is 0 Å². The second-order valence-electron chi connectivity index (χ2n) is 11.4. The maximum atomic E-state index is 6.60. The van der Waals surface area contributed by atoms with Crippen LogP contribution in [0.1, 0.15) is 0 Å². The fraction of sp³-hybridized carbons (Fsp3) is 0. The molecular formula is C40H23N3OS. The molecule has 0 bridgehead atoms. The normalized spacial score (nSPS) is 12.0. The van der Waals surface area contributed by atoms with Crippen molar-refractivity contribution in [2.24, 2.45) is 0 Å². The van der Waals surface area contributed by atoms with Crippen LogP contribution >= 0.6 is 11.3 Å². The van der Waals surface area contributed by atoms with Gasteiger partial charge in [-0.3, -0.25) is 4.57 Å². The highest BCUT2D eigenvalue weighted by molar-refractivity contribution is 7.25. The molecule has 0 saturated heterocycles. The van der Waals surface area contributed by atoms with E-state index >= 15 is 0 Å². The summed E-state index contributed by atoms with van der Waals surface area (Å²) in [5.74, 6) is 1.48. The molecule has 0 unspecified atom stereocenters. The molecule has 0 spiro atoms. The van der Waals surface area contributed by atoms with Gasteiger partial charge in [0.2, 0.25) is 0 Å². The van der Waals surface area contributed by atoms with Crippen molar-refractivity contribution in [2.45, 2.75) is 0 Å². The highest BCUT2D eigenvalue weighted by Gasteiger charge is 2.21. The predicted octanol–water partition coefficient (Wildman–Crippen LogP) is 11.2. The minimum absolute atomic E-state index is 0.682. The first-order chi connectivity index (χ1) is 22.3. The standard InChI is InChI=1S/C40H23N3OS/c1-2-10-24(11-3-1)40-41-32(25-18-21-36-31(22-25)28-14-6-9-17-35(28)45-36)23-37(42-40)43-33-15-7-4-12-26(33)29-19-20-30-27-13-5-8-16-34(27)44-39(30)38(29)43/h1-23H. The van der Waals surface area contributed by atoms with Gasteiger partial charge in [-0.15, -0.1) is 11.3 Å². The van der Waals surface area contributed by atoms with Crippen LogP contribution in [0.15, 0.2) is 144 Å². The first-order valence-corrected chi connectivity index (χ1v) is 15.8. The van der Waals surface area contributed by atoms with Crippen LogP contribution < -0.4 is 0 Å². The maximum Gasteiger partial charge on any atom is 0.162 e. The summed E-state index contributed by atoms with van der Waals surface area (Å²) in [5, 5.41) is 7.00. The first-order valence-electron chi connectivity index (χ1n) is 15.0. The maximum absolute atomic E-state index is 6.60. The van der Waals surface area contributed by atoms with Crippen molar-refractivity contribution in [2.75, 3.05) is 0 Å². The second kappa shape index (κ2) is 9.36. The van der Waals surface area contributed by atoms with Gasteiger partial charge < -0.3 is 4.42 Å². The molecule has 0 aliphatic heterocycles. The van der Waals surface area contributed by atoms with E-state index < -0.39 is 0 Å². The number of para-hydroxylation sites is 2. The molecule has 0 fully saturated rings. The van der Waals surface area contributed by atoms with E-state index in [1.165, 1.54) is 20.2 Å². The van der Waals surface area contributed by atoms with Gasteiger partial charge in [-0.1, -0.05) is 97.1 Å². The molecule has 4 nitrogen and oxygen atoms in total. The molecule has 10 rings (SSSR count). The number of benzene rings is 6. The molecule has 0 saturated carbocycles. The lowest BCUT2D eigenvalue weighted by atomic mass is 10.1. The summed E-state index contributed by atoms with van der Waals surface area (Å²) in [7, 11) is 0. The third-order valence-electron chi connectivity index (χ3n) is 8.83.